The normalized spacial score (nSPS) is 11.8. The van der Waals surface area contributed by atoms with Crippen LogP contribution in [0.1, 0.15) is 32.0 Å². The van der Waals surface area contributed by atoms with Gasteiger partial charge in [-0.3, -0.25) is 4.68 Å². The monoisotopic (exact) mass is 336 g/mol. The van der Waals surface area contributed by atoms with E-state index in [0.29, 0.717) is 0 Å². The van der Waals surface area contributed by atoms with Crippen LogP contribution in [0.5, 0.6) is 5.75 Å². The van der Waals surface area contributed by atoms with Gasteiger partial charge in [-0.2, -0.15) is 5.10 Å². The van der Waals surface area contributed by atoms with Crippen LogP contribution in [0.25, 0.3) is 11.3 Å². The molecule has 1 aromatic heterocycles. The zero-order chi connectivity index (χ0) is 15.1. The fourth-order valence-corrected chi connectivity index (χ4v) is 2.83. The van der Waals surface area contributed by atoms with Crippen molar-refractivity contribution in [1.82, 2.24) is 9.78 Å². The largest absolute Gasteiger partial charge is 0.496 e. The minimum atomic E-state index is 0.0983. The van der Waals surface area contributed by atoms with Crippen LogP contribution in [0.3, 0.4) is 0 Å². The maximum atomic E-state index is 5.52. The summed E-state index contributed by atoms with van der Waals surface area (Å²) in [4.78, 5) is 0. The number of hydrogen-bond acceptors (Lipinski definition) is 2. The Morgan fingerprint density at radius 3 is 2.35 bits per heavy atom. The smallest absolute Gasteiger partial charge is 0.128 e. The highest BCUT2D eigenvalue weighted by Gasteiger charge is 2.20. The Kier molecular flexibility index (Phi) is 3.96. The molecule has 0 aliphatic carbocycles. The van der Waals surface area contributed by atoms with Gasteiger partial charge in [-0.1, -0.05) is 26.8 Å². The maximum Gasteiger partial charge on any atom is 0.128 e. The van der Waals surface area contributed by atoms with E-state index in [1.54, 1.807) is 7.11 Å². The Morgan fingerprint density at radius 2 is 1.90 bits per heavy atom. The molecule has 0 amide bonds. The van der Waals surface area contributed by atoms with Crippen molar-refractivity contribution >= 4 is 15.9 Å². The van der Waals surface area contributed by atoms with Gasteiger partial charge in [0.15, 0.2) is 0 Å². The van der Waals surface area contributed by atoms with Gasteiger partial charge in [0.1, 0.15) is 5.75 Å². The first-order valence-electron chi connectivity index (χ1n) is 6.63. The first-order chi connectivity index (χ1) is 9.25. The number of hydrogen-bond donors (Lipinski definition) is 0. The average Bonchev–Trinajstić information content (AvgIpc) is 2.61. The molecule has 0 spiro atoms. The lowest BCUT2D eigenvalue weighted by atomic mass is 9.85. The number of methoxy groups -OCH3 is 1. The standard InChI is InChI=1S/C16H21BrN2O/c1-10-14(17)15(19(5)18-10)12-9-11(16(2,3)4)7-8-13(12)20-6/h7-9H,1-6H3. The minimum Gasteiger partial charge on any atom is -0.496 e. The maximum absolute atomic E-state index is 5.52. The summed E-state index contributed by atoms with van der Waals surface area (Å²) >= 11 is 3.64. The minimum absolute atomic E-state index is 0.0983. The fraction of sp³-hybridized carbons (Fsp3) is 0.438. The van der Waals surface area contributed by atoms with E-state index in [9.17, 15) is 0 Å². The van der Waals surface area contributed by atoms with Gasteiger partial charge in [0.25, 0.3) is 0 Å². The van der Waals surface area contributed by atoms with Crippen LogP contribution in [0.15, 0.2) is 22.7 Å². The lowest BCUT2D eigenvalue weighted by Crippen LogP contribution is -2.11. The molecule has 0 aliphatic rings. The summed E-state index contributed by atoms with van der Waals surface area (Å²) in [5.41, 5.74) is 4.46. The molecule has 1 aromatic carbocycles. The van der Waals surface area contributed by atoms with Gasteiger partial charge in [-0.25, -0.2) is 0 Å². The van der Waals surface area contributed by atoms with E-state index in [1.165, 1.54) is 5.56 Å². The molecule has 0 unspecified atom stereocenters. The molecule has 20 heavy (non-hydrogen) atoms. The Morgan fingerprint density at radius 1 is 1.25 bits per heavy atom. The lowest BCUT2D eigenvalue weighted by Gasteiger charge is -2.21. The Labute approximate surface area is 129 Å². The zero-order valence-corrected chi connectivity index (χ0v) is 14.5. The second-order valence-electron chi connectivity index (χ2n) is 6.04. The molecule has 0 atom stereocenters. The van der Waals surface area contributed by atoms with Gasteiger partial charge >= 0.3 is 0 Å². The highest BCUT2D eigenvalue weighted by atomic mass is 79.9. The molecule has 0 fully saturated rings. The van der Waals surface area contributed by atoms with E-state index >= 15 is 0 Å². The molecule has 0 bridgehead atoms. The molecule has 1 heterocycles. The van der Waals surface area contributed by atoms with Gasteiger partial charge in [-0.15, -0.1) is 0 Å². The van der Waals surface area contributed by atoms with Crippen molar-refractivity contribution < 1.29 is 4.74 Å². The quantitative estimate of drug-likeness (QED) is 0.809. The van der Waals surface area contributed by atoms with Crippen molar-refractivity contribution in [3.8, 4) is 17.0 Å². The first-order valence-corrected chi connectivity index (χ1v) is 7.43. The molecule has 4 heteroatoms. The van der Waals surface area contributed by atoms with Crippen molar-refractivity contribution in [2.45, 2.75) is 33.1 Å². The Balaban J connectivity index is 2.71. The summed E-state index contributed by atoms with van der Waals surface area (Å²) < 4.78 is 8.44. The summed E-state index contributed by atoms with van der Waals surface area (Å²) in [6.45, 7) is 8.63. The molecule has 3 nitrogen and oxygen atoms in total. The number of benzene rings is 1. The molecule has 0 saturated heterocycles. The molecular weight excluding hydrogens is 316 g/mol. The second kappa shape index (κ2) is 5.24. The molecule has 2 rings (SSSR count). The van der Waals surface area contributed by atoms with Crippen LogP contribution in [0.2, 0.25) is 0 Å². The van der Waals surface area contributed by atoms with Crippen molar-refractivity contribution in [3.05, 3.63) is 33.9 Å². The van der Waals surface area contributed by atoms with Crippen LogP contribution in [-0.2, 0) is 12.5 Å². The summed E-state index contributed by atoms with van der Waals surface area (Å²) in [6, 6.07) is 6.35. The number of halogens is 1. The van der Waals surface area contributed by atoms with Crippen LogP contribution in [0.4, 0.5) is 0 Å². The molecule has 2 aromatic rings. The van der Waals surface area contributed by atoms with Crippen LogP contribution < -0.4 is 4.74 Å². The molecule has 0 N–H and O–H groups in total. The zero-order valence-electron chi connectivity index (χ0n) is 12.9. The van der Waals surface area contributed by atoms with E-state index < -0.39 is 0 Å². The van der Waals surface area contributed by atoms with Crippen molar-refractivity contribution in [3.63, 3.8) is 0 Å². The topological polar surface area (TPSA) is 27.1 Å². The average molecular weight is 337 g/mol. The number of ether oxygens (including phenoxy) is 1. The lowest BCUT2D eigenvalue weighted by molar-refractivity contribution is 0.415. The van der Waals surface area contributed by atoms with Gasteiger partial charge in [0.05, 0.1) is 23.0 Å². The molecule has 0 saturated carbocycles. The number of aryl methyl sites for hydroxylation is 2. The van der Waals surface area contributed by atoms with Gasteiger partial charge in [-0.05, 0) is 46.0 Å². The Hall–Kier alpha value is -1.29. The highest BCUT2D eigenvalue weighted by Crippen LogP contribution is 2.38. The predicted molar refractivity (Wildman–Crippen MR) is 86.3 cm³/mol. The fourth-order valence-electron chi connectivity index (χ4n) is 2.28. The van der Waals surface area contributed by atoms with E-state index in [2.05, 4.69) is 53.9 Å². The van der Waals surface area contributed by atoms with Crippen molar-refractivity contribution in [2.75, 3.05) is 7.11 Å². The third kappa shape index (κ3) is 2.62. The van der Waals surface area contributed by atoms with Crippen molar-refractivity contribution in [1.29, 1.82) is 0 Å². The van der Waals surface area contributed by atoms with Crippen LogP contribution in [0, 0.1) is 6.92 Å². The molecule has 108 valence electrons. The highest BCUT2D eigenvalue weighted by molar-refractivity contribution is 9.10. The Bertz CT molecular complexity index is 639. The summed E-state index contributed by atoms with van der Waals surface area (Å²) in [6.07, 6.45) is 0. The molecular formula is C16H21BrN2O. The summed E-state index contributed by atoms with van der Waals surface area (Å²) in [5, 5.41) is 4.47. The predicted octanol–water partition coefficient (Wildman–Crippen LogP) is 4.46. The van der Waals surface area contributed by atoms with Gasteiger partial charge < -0.3 is 4.74 Å². The summed E-state index contributed by atoms with van der Waals surface area (Å²) in [7, 11) is 3.66. The van der Waals surface area contributed by atoms with E-state index in [-0.39, 0.29) is 5.41 Å². The number of aromatic nitrogens is 2. The number of nitrogens with zero attached hydrogens (tertiary/aromatic N) is 2. The van der Waals surface area contributed by atoms with Crippen LogP contribution >= 0.6 is 15.9 Å². The van der Waals surface area contributed by atoms with Crippen molar-refractivity contribution in [2.24, 2.45) is 7.05 Å². The van der Waals surface area contributed by atoms with E-state index in [1.807, 2.05) is 24.7 Å². The second-order valence-corrected chi connectivity index (χ2v) is 6.83. The molecule has 0 radical (unpaired) electrons. The van der Waals surface area contributed by atoms with Crippen LogP contribution in [-0.4, -0.2) is 16.9 Å². The van der Waals surface area contributed by atoms with E-state index in [4.69, 9.17) is 4.74 Å². The van der Waals surface area contributed by atoms with E-state index in [0.717, 1.165) is 27.2 Å². The van der Waals surface area contributed by atoms with Gasteiger partial charge in [0, 0.05) is 12.6 Å². The summed E-state index contributed by atoms with van der Waals surface area (Å²) in [5.74, 6) is 0.863. The first kappa shape index (κ1) is 15.1. The molecule has 0 aliphatic heterocycles. The SMILES string of the molecule is COc1ccc(C(C)(C)C)cc1-c1c(Br)c(C)nn1C. The number of rotatable bonds is 2. The third-order valence-electron chi connectivity index (χ3n) is 3.47. The third-order valence-corrected chi connectivity index (χ3v) is 4.42. The van der Waals surface area contributed by atoms with Gasteiger partial charge in [0.2, 0.25) is 0 Å².